The van der Waals surface area contributed by atoms with Crippen molar-refractivity contribution in [3.05, 3.63) is 74.9 Å². The Morgan fingerprint density at radius 2 is 1.80 bits per heavy atom. The van der Waals surface area contributed by atoms with E-state index in [1.54, 1.807) is 30.7 Å². The van der Waals surface area contributed by atoms with Gasteiger partial charge in [-0.15, -0.1) is 0 Å². The summed E-state index contributed by atoms with van der Waals surface area (Å²) in [6.07, 6.45) is 5.92. The van der Waals surface area contributed by atoms with Gasteiger partial charge in [0.2, 0.25) is 5.88 Å². The van der Waals surface area contributed by atoms with E-state index in [-0.39, 0.29) is 0 Å². The predicted molar refractivity (Wildman–Crippen MR) is 118 cm³/mol. The standard InChI is InChI=1S/C19H16Cl3N3O.C2H4O2/c1-12-19(22)16(25-11-24-12)4-2-3-13-5-8-18(23-10-13)26-17-7-6-14(20)9-15(17)21;1-2(3)4/h5-11H,2-4H2,1H3;1H3,(H,3,4). The summed E-state index contributed by atoms with van der Waals surface area (Å²) in [7, 11) is 0. The molecule has 9 heteroatoms. The van der Waals surface area contributed by atoms with Gasteiger partial charge in [0, 0.05) is 24.2 Å². The van der Waals surface area contributed by atoms with Gasteiger partial charge in [-0.3, -0.25) is 4.79 Å². The zero-order chi connectivity index (χ0) is 22.1. The number of hydrogen-bond donors (Lipinski definition) is 1. The lowest BCUT2D eigenvalue weighted by molar-refractivity contribution is -0.134. The Balaban J connectivity index is 0.000000735. The average molecular weight is 469 g/mol. The molecule has 0 unspecified atom stereocenters. The van der Waals surface area contributed by atoms with Crippen LogP contribution in [0, 0.1) is 6.92 Å². The fourth-order valence-electron chi connectivity index (χ4n) is 2.43. The molecule has 3 rings (SSSR count). The Bertz CT molecular complexity index is 995. The lowest BCUT2D eigenvalue weighted by Gasteiger charge is -2.08. The molecule has 0 bridgehead atoms. The van der Waals surface area contributed by atoms with Gasteiger partial charge >= 0.3 is 0 Å². The molecule has 0 spiro atoms. The number of aromatic nitrogens is 3. The molecule has 0 aliphatic carbocycles. The van der Waals surface area contributed by atoms with Crippen LogP contribution in [0.15, 0.2) is 42.9 Å². The third-order valence-corrected chi connectivity index (χ3v) is 4.84. The molecular formula is C21H20Cl3N3O3. The highest BCUT2D eigenvalue weighted by molar-refractivity contribution is 6.35. The molecule has 6 nitrogen and oxygen atoms in total. The number of pyridine rings is 1. The summed E-state index contributed by atoms with van der Waals surface area (Å²) in [6.45, 7) is 2.96. The second-order valence-electron chi connectivity index (χ2n) is 6.27. The lowest BCUT2D eigenvalue weighted by atomic mass is 10.1. The van der Waals surface area contributed by atoms with E-state index in [1.807, 2.05) is 19.1 Å². The topological polar surface area (TPSA) is 85.2 Å². The second kappa shape index (κ2) is 11.7. The Kier molecular flexibility index (Phi) is 9.30. The van der Waals surface area contributed by atoms with Gasteiger partial charge in [-0.1, -0.05) is 40.9 Å². The van der Waals surface area contributed by atoms with Gasteiger partial charge in [-0.25, -0.2) is 15.0 Å². The first kappa shape index (κ1) is 23.9. The van der Waals surface area contributed by atoms with Crippen LogP contribution in [0.4, 0.5) is 0 Å². The van der Waals surface area contributed by atoms with E-state index >= 15 is 0 Å². The Hall–Kier alpha value is -2.41. The van der Waals surface area contributed by atoms with Crippen LogP contribution < -0.4 is 4.74 Å². The minimum absolute atomic E-state index is 0.445. The first-order valence-electron chi connectivity index (χ1n) is 8.99. The zero-order valence-corrected chi connectivity index (χ0v) is 18.7. The normalized spacial score (nSPS) is 10.2. The van der Waals surface area contributed by atoms with Crippen molar-refractivity contribution in [1.82, 2.24) is 15.0 Å². The van der Waals surface area contributed by atoms with Crippen LogP contribution in [0.1, 0.15) is 30.3 Å². The van der Waals surface area contributed by atoms with E-state index in [0.717, 1.165) is 43.1 Å². The van der Waals surface area contributed by atoms with Crippen LogP contribution in [0.2, 0.25) is 15.1 Å². The van der Waals surface area contributed by atoms with Gasteiger partial charge < -0.3 is 9.84 Å². The van der Waals surface area contributed by atoms with Crippen molar-refractivity contribution < 1.29 is 14.6 Å². The van der Waals surface area contributed by atoms with Crippen LogP contribution in [-0.4, -0.2) is 26.0 Å². The van der Waals surface area contributed by atoms with Gasteiger partial charge in [0.15, 0.2) is 0 Å². The third kappa shape index (κ3) is 7.78. The van der Waals surface area contributed by atoms with Gasteiger partial charge in [0.25, 0.3) is 5.97 Å². The molecule has 2 aromatic heterocycles. The second-order valence-corrected chi connectivity index (χ2v) is 7.50. The minimum atomic E-state index is -0.833. The third-order valence-electron chi connectivity index (χ3n) is 3.82. The van der Waals surface area contributed by atoms with E-state index in [1.165, 1.54) is 0 Å². The lowest BCUT2D eigenvalue weighted by Crippen LogP contribution is -1.98. The average Bonchev–Trinajstić information content (AvgIpc) is 2.68. The molecule has 30 heavy (non-hydrogen) atoms. The molecule has 3 aromatic rings. The highest BCUT2D eigenvalue weighted by Gasteiger charge is 2.07. The van der Waals surface area contributed by atoms with E-state index in [0.29, 0.717) is 26.7 Å². The number of nitrogens with zero attached hydrogens (tertiary/aromatic N) is 3. The van der Waals surface area contributed by atoms with Crippen LogP contribution >= 0.6 is 34.8 Å². The highest BCUT2D eigenvalue weighted by Crippen LogP contribution is 2.30. The number of ether oxygens (including phenoxy) is 1. The predicted octanol–water partition coefficient (Wildman–Crippen LogP) is 6.20. The van der Waals surface area contributed by atoms with Crippen LogP contribution in [0.25, 0.3) is 0 Å². The smallest absolute Gasteiger partial charge is 0.300 e. The number of hydrogen-bond acceptors (Lipinski definition) is 5. The molecule has 0 saturated carbocycles. The summed E-state index contributed by atoms with van der Waals surface area (Å²) in [6, 6.07) is 8.87. The van der Waals surface area contributed by atoms with E-state index in [4.69, 9.17) is 49.4 Å². The first-order valence-corrected chi connectivity index (χ1v) is 10.1. The maximum Gasteiger partial charge on any atom is 0.300 e. The number of halogens is 3. The van der Waals surface area contributed by atoms with Gasteiger partial charge in [-0.05, 0) is 49.9 Å². The molecule has 2 heterocycles. The van der Waals surface area contributed by atoms with E-state index in [2.05, 4.69) is 15.0 Å². The van der Waals surface area contributed by atoms with Crippen LogP contribution in [0.5, 0.6) is 11.6 Å². The molecule has 0 fully saturated rings. The van der Waals surface area contributed by atoms with Crippen LogP contribution in [0.3, 0.4) is 0 Å². The Morgan fingerprint density at radius 3 is 2.43 bits per heavy atom. The molecule has 0 aliphatic heterocycles. The summed E-state index contributed by atoms with van der Waals surface area (Å²) >= 11 is 18.2. The van der Waals surface area contributed by atoms with E-state index < -0.39 is 5.97 Å². The highest BCUT2D eigenvalue weighted by atomic mass is 35.5. The van der Waals surface area contributed by atoms with Gasteiger partial charge in [-0.2, -0.15) is 0 Å². The summed E-state index contributed by atoms with van der Waals surface area (Å²) in [5, 5.41) is 9.07. The minimum Gasteiger partial charge on any atom is -0.481 e. The SMILES string of the molecule is CC(=O)O.Cc1ncnc(CCCc2ccc(Oc3ccc(Cl)cc3Cl)nc2)c1Cl. The molecule has 0 atom stereocenters. The molecule has 1 N–H and O–H groups in total. The summed E-state index contributed by atoms with van der Waals surface area (Å²) < 4.78 is 5.69. The largest absolute Gasteiger partial charge is 0.481 e. The van der Waals surface area contributed by atoms with E-state index in [9.17, 15) is 0 Å². The van der Waals surface area contributed by atoms with Crippen molar-refractivity contribution in [2.75, 3.05) is 0 Å². The number of carboxylic acid groups (broad SMARTS) is 1. The van der Waals surface area contributed by atoms with Crippen molar-refractivity contribution in [2.24, 2.45) is 0 Å². The number of aryl methyl sites for hydroxylation is 3. The molecule has 0 radical (unpaired) electrons. The van der Waals surface area contributed by atoms with Crippen molar-refractivity contribution in [2.45, 2.75) is 33.1 Å². The van der Waals surface area contributed by atoms with Crippen molar-refractivity contribution >= 4 is 40.8 Å². The zero-order valence-electron chi connectivity index (χ0n) is 16.4. The van der Waals surface area contributed by atoms with Crippen LogP contribution in [-0.2, 0) is 17.6 Å². The fourth-order valence-corrected chi connectivity index (χ4v) is 3.07. The molecule has 0 amide bonds. The molecule has 1 aromatic carbocycles. The number of benzene rings is 1. The van der Waals surface area contributed by atoms with Gasteiger partial charge in [0.05, 0.1) is 21.4 Å². The first-order chi connectivity index (χ1) is 14.3. The molecule has 158 valence electrons. The van der Waals surface area contributed by atoms with Crippen molar-refractivity contribution in [1.29, 1.82) is 0 Å². The number of rotatable bonds is 6. The Labute approximate surface area is 189 Å². The number of carboxylic acids is 1. The Morgan fingerprint density at radius 1 is 1.07 bits per heavy atom. The number of aliphatic carboxylic acids is 1. The molecule has 0 saturated heterocycles. The summed E-state index contributed by atoms with van der Waals surface area (Å²) in [4.78, 5) is 21.7. The fraction of sp³-hybridized carbons (Fsp3) is 0.238. The number of carbonyl (C=O) groups is 1. The molecule has 0 aliphatic rings. The van der Waals surface area contributed by atoms with Crippen molar-refractivity contribution in [3.8, 4) is 11.6 Å². The maximum atomic E-state index is 9.00. The van der Waals surface area contributed by atoms with Crippen molar-refractivity contribution in [3.63, 3.8) is 0 Å². The molecular weight excluding hydrogens is 449 g/mol. The monoisotopic (exact) mass is 467 g/mol. The summed E-state index contributed by atoms with van der Waals surface area (Å²) in [5.74, 6) is 0.164. The van der Waals surface area contributed by atoms with Gasteiger partial charge in [0.1, 0.15) is 12.1 Å². The quantitative estimate of drug-likeness (QED) is 0.463. The maximum absolute atomic E-state index is 9.00. The summed E-state index contributed by atoms with van der Waals surface area (Å²) in [5.41, 5.74) is 2.80.